The number of ether oxygens (including phenoxy) is 2. The maximum absolute atomic E-state index is 12.3. The third-order valence-corrected chi connectivity index (χ3v) is 7.28. The second kappa shape index (κ2) is 10.6. The van der Waals surface area contributed by atoms with Gasteiger partial charge in [-0.25, -0.2) is 9.78 Å². The number of carboxylic acid groups (broad SMARTS) is 1. The lowest BCUT2D eigenvalue weighted by atomic mass is 9.89. The molecule has 8 nitrogen and oxygen atoms in total. The van der Waals surface area contributed by atoms with E-state index in [-0.39, 0.29) is 11.3 Å². The molecule has 1 aliphatic rings. The fourth-order valence-corrected chi connectivity index (χ4v) is 5.33. The van der Waals surface area contributed by atoms with Crippen molar-refractivity contribution < 1.29 is 28.9 Å². The van der Waals surface area contributed by atoms with Crippen LogP contribution in [0.4, 0.5) is 0 Å². The Morgan fingerprint density at radius 1 is 1.08 bits per heavy atom. The number of carboxylic acids is 1. The van der Waals surface area contributed by atoms with E-state index in [4.69, 9.17) is 25.5 Å². The molecule has 6 rings (SSSR count). The van der Waals surface area contributed by atoms with E-state index in [0.717, 1.165) is 11.1 Å². The zero-order valence-electron chi connectivity index (χ0n) is 20.8. The second-order valence-corrected chi connectivity index (χ2v) is 9.80. The van der Waals surface area contributed by atoms with Crippen LogP contribution in [-0.2, 0) is 11.3 Å². The molecule has 198 valence electrons. The fraction of sp³-hybridized carbons (Fsp3) is 0.200. The summed E-state index contributed by atoms with van der Waals surface area (Å²) in [4.78, 5) is 18.9. The topological polar surface area (TPSA) is 105 Å². The Bertz CT molecular complexity index is 1660. The van der Waals surface area contributed by atoms with Gasteiger partial charge in [-0.05, 0) is 29.3 Å². The van der Waals surface area contributed by atoms with E-state index in [0.29, 0.717) is 71.1 Å². The van der Waals surface area contributed by atoms with Gasteiger partial charge in [0.15, 0.2) is 0 Å². The number of carbonyl (C=O) groups is 1. The number of halogens is 1. The molecular formula is C30H25ClN2O6. The molecule has 39 heavy (non-hydrogen) atoms. The minimum absolute atomic E-state index is 0.00687. The Morgan fingerprint density at radius 3 is 2.56 bits per heavy atom. The summed E-state index contributed by atoms with van der Waals surface area (Å²) in [7, 11) is 0. The number of nitrogens with zero attached hydrogens (tertiary/aromatic N) is 2. The quantitative estimate of drug-likeness (QED) is 0.255. The van der Waals surface area contributed by atoms with E-state index in [9.17, 15) is 15.0 Å². The average Bonchev–Trinajstić information content (AvgIpc) is 3.41. The van der Waals surface area contributed by atoms with E-state index >= 15 is 0 Å². The van der Waals surface area contributed by atoms with Gasteiger partial charge in [0, 0.05) is 52.1 Å². The maximum atomic E-state index is 12.3. The van der Waals surface area contributed by atoms with E-state index in [2.05, 4.69) is 9.88 Å². The zero-order valence-corrected chi connectivity index (χ0v) is 21.6. The van der Waals surface area contributed by atoms with Crippen molar-refractivity contribution in [2.45, 2.75) is 12.6 Å². The number of aromatic hydroxyl groups is 1. The van der Waals surface area contributed by atoms with E-state index in [1.165, 1.54) is 6.26 Å². The van der Waals surface area contributed by atoms with Crippen molar-refractivity contribution in [1.82, 2.24) is 9.88 Å². The van der Waals surface area contributed by atoms with Gasteiger partial charge in [-0.1, -0.05) is 48.0 Å². The first-order valence-electron chi connectivity index (χ1n) is 12.5. The molecule has 0 radical (unpaired) electrons. The number of morpholine rings is 1. The van der Waals surface area contributed by atoms with Crippen molar-refractivity contribution >= 4 is 39.3 Å². The number of aromatic nitrogens is 1. The van der Waals surface area contributed by atoms with Crippen molar-refractivity contribution in [1.29, 1.82) is 0 Å². The van der Waals surface area contributed by atoms with Crippen LogP contribution >= 0.6 is 11.6 Å². The van der Waals surface area contributed by atoms with Gasteiger partial charge in [-0.3, -0.25) is 4.90 Å². The number of phenolic OH excluding ortho intramolecular Hbond substituents is 1. The largest absolute Gasteiger partial charge is 0.507 e. The smallest absolute Gasteiger partial charge is 0.339 e. The van der Waals surface area contributed by atoms with E-state index < -0.39 is 12.0 Å². The number of hydrogen-bond acceptors (Lipinski definition) is 7. The maximum Gasteiger partial charge on any atom is 0.339 e. The Labute approximate surface area is 229 Å². The third kappa shape index (κ3) is 4.78. The van der Waals surface area contributed by atoms with Crippen molar-refractivity contribution in [3.8, 4) is 11.6 Å². The van der Waals surface area contributed by atoms with Gasteiger partial charge in [0.25, 0.3) is 0 Å². The van der Waals surface area contributed by atoms with Crippen LogP contribution in [0.25, 0.3) is 21.7 Å². The van der Waals surface area contributed by atoms with Gasteiger partial charge < -0.3 is 24.1 Å². The van der Waals surface area contributed by atoms with Gasteiger partial charge in [0.05, 0.1) is 19.3 Å². The number of fused-ring (bicyclic) bond motifs is 3. The van der Waals surface area contributed by atoms with Crippen LogP contribution in [0, 0.1) is 0 Å². The van der Waals surface area contributed by atoms with Gasteiger partial charge in [-0.15, -0.1) is 0 Å². The molecule has 2 N–H and O–H groups in total. The summed E-state index contributed by atoms with van der Waals surface area (Å²) in [5.41, 5.74) is 2.61. The first-order chi connectivity index (χ1) is 19.0. The molecule has 5 aromatic rings. The number of rotatable bonds is 7. The van der Waals surface area contributed by atoms with Crippen LogP contribution in [0.1, 0.15) is 33.1 Å². The molecular weight excluding hydrogens is 520 g/mol. The lowest BCUT2D eigenvalue weighted by molar-refractivity contribution is 0.0238. The van der Waals surface area contributed by atoms with Crippen molar-refractivity contribution in [3.63, 3.8) is 0 Å². The Morgan fingerprint density at radius 2 is 1.82 bits per heavy atom. The third-order valence-electron chi connectivity index (χ3n) is 7.03. The molecule has 9 heteroatoms. The highest BCUT2D eigenvalue weighted by Crippen LogP contribution is 2.46. The number of pyridine rings is 1. The number of hydrogen-bond donors (Lipinski definition) is 2. The minimum Gasteiger partial charge on any atom is -0.507 e. The standard InChI is InChI=1S/C30H25ClN2O6/c31-20-7-5-18(6-8-20)16-38-24-15-19(9-10-32-24)27(33-11-13-37-14-12-33)26-25-23(30(35)36)17-39-29(25)22-4-2-1-3-21(22)28(26)34/h1-10,15,17,27,34H,11-14,16H2,(H,35,36). The highest BCUT2D eigenvalue weighted by Gasteiger charge is 2.33. The van der Waals surface area contributed by atoms with Gasteiger partial charge in [0.1, 0.15) is 29.8 Å². The second-order valence-electron chi connectivity index (χ2n) is 9.36. The highest BCUT2D eigenvalue weighted by atomic mass is 35.5. The molecule has 1 atom stereocenters. The van der Waals surface area contributed by atoms with Crippen LogP contribution < -0.4 is 4.74 Å². The van der Waals surface area contributed by atoms with Gasteiger partial charge in [0.2, 0.25) is 5.88 Å². The summed E-state index contributed by atoms with van der Waals surface area (Å²) < 4.78 is 17.5. The molecule has 3 aromatic carbocycles. The van der Waals surface area contributed by atoms with Crippen LogP contribution in [0.3, 0.4) is 0 Å². The molecule has 0 amide bonds. The molecule has 1 fully saturated rings. The molecule has 1 saturated heterocycles. The van der Waals surface area contributed by atoms with Crippen LogP contribution in [0.5, 0.6) is 11.6 Å². The zero-order chi connectivity index (χ0) is 26.9. The predicted octanol–water partition coefficient (Wildman–Crippen LogP) is 6.04. The monoisotopic (exact) mass is 544 g/mol. The summed E-state index contributed by atoms with van der Waals surface area (Å²) in [6.45, 7) is 2.49. The number of aromatic carboxylic acids is 1. The minimum atomic E-state index is -1.13. The summed E-state index contributed by atoms with van der Waals surface area (Å²) >= 11 is 6.00. The SMILES string of the molecule is O=C(O)c1coc2c1c(C(c1ccnc(OCc3ccc(Cl)cc3)c1)N1CCOCC1)c(O)c1ccccc12. The van der Waals surface area contributed by atoms with Crippen molar-refractivity contribution in [3.05, 3.63) is 100 Å². The molecule has 0 bridgehead atoms. The molecule has 0 saturated carbocycles. The van der Waals surface area contributed by atoms with Crippen molar-refractivity contribution in [2.24, 2.45) is 0 Å². The first kappa shape index (κ1) is 25.2. The van der Waals surface area contributed by atoms with Crippen LogP contribution in [0.2, 0.25) is 5.02 Å². The van der Waals surface area contributed by atoms with E-state index in [1.54, 1.807) is 24.4 Å². The lowest BCUT2D eigenvalue weighted by Gasteiger charge is -2.36. The Hall–Kier alpha value is -4.11. The molecule has 0 aliphatic carbocycles. The Kier molecular flexibility index (Phi) is 6.83. The van der Waals surface area contributed by atoms with Crippen molar-refractivity contribution in [2.75, 3.05) is 26.3 Å². The number of phenols is 1. The summed E-state index contributed by atoms with van der Waals surface area (Å²) in [5.74, 6) is -0.714. The van der Waals surface area contributed by atoms with E-state index in [1.807, 2.05) is 42.5 Å². The van der Waals surface area contributed by atoms with Gasteiger partial charge in [-0.2, -0.15) is 0 Å². The first-order valence-corrected chi connectivity index (χ1v) is 12.9. The normalized spacial score (nSPS) is 15.0. The number of benzene rings is 3. The lowest BCUT2D eigenvalue weighted by Crippen LogP contribution is -2.39. The molecule has 0 spiro atoms. The molecule has 1 aliphatic heterocycles. The summed E-state index contributed by atoms with van der Waals surface area (Å²) in [6, 6.07) is 17.8. The highest BCUT2D eigenvalue weighted by molar-refractivity contribution is 6.30. The summed E-state index contributed by atoms with van der Waals surface area (Å²) in [5, 5.41) is 24.0. The Balaban J connectivity index is 1.51. The summed E-state index contributed by atoms with van der Waals surface area (Å²) in [6.07, 6.45) is 2.90. The number of furan rings is 1. The van der Waals surface area contributed by atoms with Gasteiger partial charge >= 0.3 is 5.97 Å². The molecule has 2 aromatic heterocycles. The average molecular weight is 545 g/mol. The molecule has 3 heterocycles. The fourth-order valence-electron chi connectivity index (χ4n) is 5.21. The van der Waals surface area contributed by atoms with Crippen LogP contribution in [-0.4, -0.2) is 52.4 Å². The predicted molar refractivity (Wildman–Crippen MR) is 147 cm³/mol. The molecule has 1 unspecified atom stereocenters. The van der Waals surface area contributed by atoms with Crippen LogP contribution in [0.15, 0.2) is 77.5 Å².